The monoisotopic (exact) mass is 756 g/mol. The van der Waals surface area contributed by atoms with E-state index in [1.54, 1.807) is 18.3 Å². The van der Waals surface area contributed by atoms with Gasteiger partial charge in [-0.15, -0.1) is 0 Å². The molecular weight excluding hydrogens is 720 g/mol. The number of hydrogen-bond acceptors (Lipinski definition) is 15. The summed E-state index contributed by atoms with van der Waals surface area (Å²) in [6.45, 7) is 2.06. The maximum absolute atomic E-state index is 13.4. The van der Waals surface area contributed by atoms with Gasteiger partial charge in [0.15, 0.2) is 22.8 Å². The number of allylic oxidation sites excluding steroid dienone is 1. The second-order valence-corrected chi connectivity index (χ2v) is 13.5. The number of hydroxylamine groups is 2. The molecule has 0 saturated carbocycles. The van der Waals surface area contributed by atoms with E-state index in [0.717, 1.165) is 22.3 Å². The first-order valence-corrected chi connectivity index (χ1v) is 17.1. The fourth-order valence-corrected chi connectivity index (χ4v) is 6.90. The first-order valence-electron chi connectivity index (χ1n) is 17.1. The smallest absolute Gasteiger partial charge is 0.341 e. The topological polar surface area (TPSA) is 242 Å². The van der Waals surface area contributed by atoms with Crippen LogP contribution in [0.3, 0.4) is 0 Å². The number of carboxylic acids is 1. The van der Waals surface area contributed by atoms with Crippen molar-refractivity contribution >= 4 is 34.8 Å². The Hall–Kier alpha value is -5.72. The van der Waals surface area contributed by atoms with Crippen LogP contribution in [-0.2, 0) is 23.9 Å². The van der Waals surface area contributed by atoms with Crippen molar-refractivity contribution in [3.8, 4) is 22.6 Å². The molecule has 1 unspecified atom stereocenters. The van der Waals surface area contributed by atoms with Gasteiger partial charge in [-0.05, 0) is 61.9 Å². The van der Waals surface area contributed by atoms with Gasteiger partial charge in [-0.25, -0.2) is 9.79 Å². The lowest BCUT2D eigenvalue weighted by Crippen LogP contribution is -3.09. The molecule has 7 atom stereocenters. The highest BCUT2D eigenvalue weighted by atomic mass is 16.8. The summed E-state index contributed by atoms with van der Waals surface area (Å²) < 4.78 is 22.9. The average Bonchev–Trinajstić information content (AvgIpc) is 3.75. The number of rotatable bonds is 11. The summed E-state index contributed by atoms with van der Waals surface area (Å²) in [5, 5.41) is 64.9. The molecule has 1 aromatic heterocycles. The number of aliphatic imine (C=N–C) groups is 1. The highest BCUT2D eigenvalue weighted by Crippen LogP contribution is 2.36. The largest absolute Gasteiger partial charge is 0.547 e. The van der Waals surface area contributed by atoms with Gasteiger partial charge >= 0.3 is 5.97 Å². The second kappa shape index (κ2) is 14.8. The van der Waals surface area contributed by atoms with Gasteiger partial charge in [0.05, 0.1) is 23.5 Å². The maximum Gasteiger partial charge on any atom is 0.341 e. The molecule has 0 aliphatic carbocycles. The number of aromatic hydroxyl groups is 1. The molecule has 1 fully saturated rings. The van der Waals surface area contributed by atoms with Crippen LogP contribution in [0.15, 0.2) is 98.5 Å². The van der Waals surface area contributed by atoms with Gasteiger partial charge < -0.3 is 54.1 Å². The van der Waals surface area contributed by atoms with Crippen LogP contribution in [0.1, 0.15) is 16.7 Å². The van der Waals surface area contributed by atoms with Crippen LogP contribution in [0.4, 0.5) is 0 Å². The zero-order chi connectivity index (χ0) is 39.2. The van der Waals surface area contributed by atoms with Gasteiger partial charge in [-0.3, -0.25) is 4.79 Å². The number of ether oxygens (including phenoxy) is 3. The van der Waals surface area contributed by atoms with Crippen molar-refractivity contribution in [2.45, 2.75) is 50.2 Å². The molecule has 0 spiro atoms. The Morgan fingerprint density at radius 1 is 1.07 bits per heavy atom. The van der Waals surface area contributed by atoms with Crippen LogP contribution in [-0.4, -0.2) is 99.8 Å². The molecule has 4 heterocycles. The van der Waals surface area contributed by atoms with E-state index in [2.05, 4.69) is 4.99 Å². The van der Waals surface area contributed by atoms with Crippen LogP contribution in [0.25, 0.3) is 27.8 Å². The highest BCUT2D eigenvalue weighted by Gasteiger charge is 2.60. The molecule has 4 aromatic rings. The van der Waals surface area contributed by atoms with Crippen LogP contribution in [0.5, 0.6) is 11.5 Å². The normalized spacial score (nSPS) is 25.1. The number of carboxylic acid groups (broad SMARTS) is 1. The number of nitrogens with zero attached hydrogens (tertiary/aromatic N) is 1. The minimum Gasteiger partial charge on any atom is -0.547 e. The first-order chi connectivity index (χ1) is 26.3. The summed E-state index contributed by atoms with van der Waals surface area (Å²) in [5.41, 5.74) is 2.64. The number of fused-ring (bicyclic) bond motifs is 2. The maximum atomic E-state index is 13.4. The molecular formula is C39H36N2O14. The number of aliphatic carboxylic acids is 1. The number of quaternary nitrogens is 1. The van der Waals surface area contributed by atoms with Crippen LogP contribution < -0.4 is 20.3 Å². The van der Waals surface area contributed by atoms with Gasteiger partial charge in [0, 0.05) is 23.4 Å². The van der Waals surface area contributed by atoms with Crippen molar-refractivity contribution in [1.82, 2.24) is 0 Å². The Morgan fingerprint density at radius 2 is 1.80 bits per heavy atom. The minimum atomic E-state index is -2.64. The van der Waals surface area contributed by atoms with E-state index in [1.807, 2.05) is 38.1 Å². The van der Waals surface area contributed by atoms with Gasteiger partial charge in [0.25, 0.3) is 0 Å². The molecule has 1 saturated heterocycles. The van der Waals surface area contributed by atoms with Crippen LogP contribution >= 0.6 is 0 Å². The Labute approximate surface area is 312 Å². The van der Waals surface area contributed by atoms with E-state index in [0.29, 0.717) is 22.0 Å². The Morgan fingerprint density at radius 3 is 2.49 bits per heavy atom. The average molecular weight is 757 g/mol. The minimum absolute atomic E-state index is 0.0250. The molecule has 55 heavy (non-hydrogen) atoms. The van der Waals surface area contributed by atoms with Crippen molar-refractivity contribution in [3.05, 3.63) is 111 Å². The van der Waals surface area contributed by atoms with Crippen molar-refractivity contribution in [2.24, 2.45) is 4.99 Å². The lowest BCUT2D eigenvalue weighted by molar-refractivity contribution is -1.04. The molecule has 16 nitrogen and oxygen atoms in total. The molecule has 286 valence electrons. The second-order valence-electron chi connectivity index (χ2n) is 13.5. The number of benzene rings is 3. The molecule has 3 aliphatic heterocycles. The van der Waals surface area contributed by atoms with E-state index >= 15 is 0 Å². The number of aryl methyl sites for hydroxylation is 2. The van der Waals surface area contributed by atoms with E-state index in [9.17, 15) is 45.0 Å². The summed E-state index contributed by atoms with van der Waals surface area (Å²) in [5.74, 6) is -3.69. The number of esters is 1. The van der Waals surface area contributed by atoms with E-state index in [-0.39, 0.29) is 40.0 Å². The predicted octanol–water partition coefficient (Wildman–Crippen LogP) is -0.797. The van der Waals surface area contributed by atoms with E-state index in [1.165, 1.54) is 36.6 Å². The summed E-state index contributed by atoms with van der Waals surface area (Å²) >= 11 is 0. The quantitative estimate of drug-likeness (QED) is 0.0812. The number of aliphatic hydroxyl groups is 4. The molecule has 3 aliphatic rings. The number of hydrogen-bond donors (Lipinski definition) is 6. The number of carbonyl (C=O) groups excluding carboxylic acids is 2. The van der Waals surface area contributed by atoms with Gasteiger partial charge in [-0.1, -0.05) is 29.3 Å². The molecule has 16 heteroatoms. The zero-order valence-corrected chi connectivity index (χ0v) is 29.4. The third kappa shape index (κ3) is 7.15. The highest BCUT2D eigenvalue weighted by molar-refractivity contribution is 5.95. The van der Waals surface area contributed by atoms with Gasteiger partial charge in [-0.2, -0.15) is 9.90 Å². The third-order valence-electron chi connectivity index (χ3n) is 9.61. The lowest BCUT2D eigenvalue weighted by atomic mass is 9.84. The van der Waals surface area contributed by atoms with Gasteiger partial charge in [0.1, 0.15) is 54.4 Å². The molecule has 3 aromatic carbocycles. The summed E-state index contributed by atoms with van der Waals surface area (Å²) in [6, 6.07) is 16.1. The lowest BCUT2D eigenvalue weighted by Gasteiger charge is -2.47. The third-order valence-corrected chi connectivity index (χ3v) is 9.61. The Kier molecular flexibility index (Phi) is 10.1. The van der Waals surface area contributed by atoms with Crippen molar-refractivity contribution in [2.75, 3.05) is 19.8 Å². The van der Waals surface area contributed by atoms with E-state index < -0.39 is 61.5 Å². The summed E-state index contributed by atoms with van der Waals surface area (Å²) in [4.78, 5) is 47.7. The summed E-state index contributed by atoms with van der Waals surface area (Å²) in [7, 11) is 0. The molecule has 0 bridgehead atoms. The van der Waals surface area contributed by atoms with Crippen molar-refractivity contribution < 1.29 is 68.8 Å². The first kappa shape index (κ1) is 37.6. The van der Waals surface area contributed by atoms with E-state index in [4.69, 9.17) is 23.5 Å². The summed E-state index contributed by atoms with van der Waals surface area (Å²) in [6.07, 6.45) is -4.99. The number of phenols is 1. The zero-order valence-electron chi connectivity index (χ0n) is 29.4. The fourth-order valence-electron chi connectivity index (χ4n) is 6.90. The Bertz CT molecular complexity index is 2300. The molecule has 0 radical (unpaired) electrons. The number of nitrogens with one attached hydrogen (secondary N) is 1. The predicted molar refractivity (Wildman–Crippen MR) is 189 cm³/mol. The SMILES string of the molecule is Cc1cc(C)cc(C2=C3N=CC=C3C[NH+]2O[C@H]2[C@@H](Oc3ccc4c(=O)c(-c5ccc(O)cc5)coc4c3)O[C@@H](COC(=O)[C@H](O)C(=O)[O-])[C@H](O)[C@]2(O)CO)c1. The standard InChI is InChI=1S/C39H36N2O14/c1-19-11-20(2)13-23(12-19)31-30-22(9-10-40-30)15-41(31)55-35-38(54-29(34(46)39(35,50)18-42)17-52-37(49)33(45)36(47)48)53-25-7-8-26-28(14-25)51-16-27(32(26)44)21-3-5-24(43)6-4-21/h3-14,16,29,33-35,38,42-43,45-46,50H,15,17-18H2,1-2H3,(H,47,48)/t29-,33+,34-,35-,38-,39+/m0/s1. The number of phenolic OH excluding ortho intramolecular Hbond substituents is 1. The van der Waals surface area contributed by atoms with Crippen molar-refractivity contribution in [1.29, 1.82) is 0 Å². The van der Waals surface area contributed by atoms with Crippen LogP contribution in [0.2, 0.25) is 0 Å². The van der Waals surface area contributed by atoms with Crippen molar-refractivity contribution in [3.63, 3.8) is 0 Å². The molecule has 6 N–H and O–H groups in total. The molecule has 7 rings (SSSR count). The van der Waals surface area contributed by atoms with Gasteiger partial charge in [0.2, 0.25) is 12.4 Å². The number of carbonyl (C=O) groups is 2. The van der Waals surface area contributed by atoms with Crippen LogP contribution in [0, 0.1) is 13.8 Å². The fraction of sp³-hybridized carbons (Fsp3) is 0.282. The number of aliphatic hydroxyl groups excluding tert-OH is 3. The molecule has 0 amide bonds. The Balaban J connectivity index is 1.25.